The Bertz CT molecular complexity index is 1030. The van der Waals surface area contributed by atoms with E-state index in [1.807, 2.05) is 53.4 Å². The molecule has 2 aromatic carbocycles. The van der Waals surface area contributed by atoms with Gasteiger partial charge in [-0.25, -0.2) is 4.98 Å². The summed E-state index contributed by atoms with van der Waals surface area (Å²) in [4.78, 5) is 19.4. The molecule has 1 aliphatic rings. The quantitative estimate of drug-likeness (QED) is 0.572. The van der Waals surface area contributed by atoms with Crippen LogP contribution in [-0.2, 0) is 17.6 Å². The van der Waals surface area contributed by atoms with E-state index in [9.17, 15) is 4.79 Å². The minimum atomic E-state index is 0.109. The second kappa shape index (κ2) is 9.69. The van der Waals surface area contributed by atoms with Crippen LogP contribution in [0.5, 0.6) is 11.5 Å². The first kappa shape index (κ1) is 21.0. The maximum atomic E-state index is 12.9. The number of methoxy groups -OCH3 is 2. The predicted octanol–water partition coefficient (Wildman–Crippen LogP) is 4.23. The number of hydrogen-bond acceptors (Lipinski definition) is 5. The molecule has 0 N–H and O–H groups in total. The molecule has 6 heteroatoms. The van der Waals surface area contributed by atoms with Crippen molar-refractivity contribution < 1.29 is 18.7 Å². The van der Waals surface area contributed by atoms with Gasteiger partial charge in [0.25, 0.3) is 0 Å². The maximum absolute atomic E-state index is 12.9. The number of rotatable bonds is 7. The van der Waals surface area contributed by atoms with Crippen LogP contribution in [0.15, 0.2) is 59.1 Å². The molecular formula is C25H28N2O4. The van der Waals surface area contributed by atoms with Crippen molar-refractivity contribution in [2.24, 2.45) is 0 Å². The van der Waals surface area contributed by atoms with Gasteiger partial charge in [-0.15, -0.1) is 0 Å². The number of amides is 1. The molecule has 1 aliphatic heterocycles. The smallest absolute Gasteiger partial charge is 0.227 e. The van der Waals surface area contributed by atoms with Gasteiger partial charge in [-0.3, -0.25) is 4.79 Å². The average Bonchev–Trinajstić information content (AvgIpc) is 3.28. The molecule has 1 atom stereocenters. The zero-order chi connectivity index (χ0) is 21.6. The summed E-state index contributed by atoms with van der Waals surface area (Å²) in [6.45, 7) is 1.40. The number of piperidine rings is 1. The number of nitrogens with zero attached hydrogens (tertiary/aromatic N) is 2. The van der Waals surface area contributed by atoms with E-state index in [-0.39, 0.29) is 11.8 Å². The van der Waals surface area contributed by atoms with E-state index in [2.05, 4.69) is 4.98 Å². The van der Waals surface area contributed by atoms with Crippen LogP contribution in [0.1, 0.15) is 41.5 Å². The molecule has 0 aliphatic carbocycles. The summed E-state index contributed by atoms with van der Waals surface area (Å²) < 4.78 is 16.8. The van der Waals surface area contributed by atoms with Crippen molar-refractivity contribution in [2.45, 2.75) is 31.6 Å². The number of ether oxygens (including phenoxy) is 2. The Balaban J connectivity index is 1.40. The van der Waals surface area contributed by atoms with Gasteiger partial charge < -0.3 is 18.8 Å². The SMILES string of the molecule is COc1cccc(Cc2cnc(C3CCCN(C(=O)Cc4ccccc4OC)C3)o2)c1. The number of benzene rings is 2. The molecule has 0 spiro atoms. The van der Waals surface area contributed by atoms with E-state index in [0.29, 0.717) is 25.3 Å². The van der Waals surface area contributed by atoms with Gasteiger partial charge in [0.1, 0.15) is 17.3 Å². The van der Waals surface area contributed by atoms with E-state index in [4.69, 9.17) is 13.9 Å². The third-order valence-electron chi connectivity index (χ3n) is 5.74. The van der Waals surface area contributed by atoms with Gasteiger partial charge in [0.2, 0.25) is 5.91 Å². The van der Waals surface area contributed by atoms with Gasteiger partial charge in [-0.05, 0) is 36.6 Å². The fraction of sp³-hybridized carbons (Fsp3) is 0.360. The van der Waals surface area contributed by atoms with Crippen molar-refractivity contribution in [3.05, 3.63) is 77.5 Å². The molecule has 162 valence electrons. The second-order valence-electron chi connectivity index (χ2n) is 7.86. The number of para-hydroxylation sites is 1. The Kier molecular flexibility index (Phi) is 6.55. The first-order valence-electron chi connectivity index (χ1n) is 10.6. The van der Waals surface area contributed by atoms with Crippen molar-refractivity contribution in [3.63, 3.8) is 0 Å². The number of carbonyl (C=O) groups is 1. The van der Waals surface area contributed by atoms with Crippen molar-refractivity contribution >= 4 is 5.91 Å². The lowest BCUT2D eigenvalue weighted by molar-refractivity contribution is -0.131. The summed E-state index contributed by atoms with van der Waals surface area (Å²) >= 11 is 0. The lowest BCUT2D eigenvalue weighted by Crippen LogP contribution is -2.40. The molecule has 1 fully saturated rings. The van der Waals surface area contributed by atoms with E-state index in [1.165, 1.54) is 0 Å². The number of oxazole rings is 1. The van der Waals surface area contributed by atoms with Crippen LogP contribution in [-0.4, -0.2) is 43.1 Å². The third-order valence-corrected chi connectivity index (χ3v) is 5.74. The summed E-state index contributed by atoms with van der Waals surface area (Å²) in [6, 6.07) is 15.6. The summed E-state index contributed by atoms with van der Waals surface area (Å²) in [5.41, 5.74) is 2.02. The Labute approximate surface area is 182 Å². The standard InChI is InChI=1S/C25H28N2O4/c1-29-21-10-5-7-18(13-21)14-22-16-26-25(31-22)20-9-6-12-27(17-20)24(28)15-19-8-3-4-11-23(19)30-2/h3-5,7-8,10-11,13,16,20H,6,9,12,14-15,17H2,1-2H3. The topological polar surface area (TPSA) is 64.8 Å². The molecule has 0 bridgehead atoms. The molecule has 31 heavy (non-hydrogen) atoms. The lowest BCUT2D eigenvalue weighted by Gasteiger charge is -2.31. The van der Waals surface area contributed by atoms with Crippen LogP contribution < -0.4 is 9.47 Å². The molecule has 1 unspecified atom stereocenters. The van der Waals surface area contributed by atoms with E-state index < -0.39 is 0 Å². The maximum Gasteiger partial charge on any atom is 0.227 e. The van der Waals surface area contributed by atoms with E-state index in [1.54, 1.807) is 20.4 Å². The highest BCUT2D eigenvalue weighted by molar-refractivity contribution is 5.79. The zero-order valence-electron chi connectivity index (χ0n) is 18.0. The minimum Gasteiger partial charge on any atom is -0.497 e. The highest BCUT2D eigenvalue weighted by atomic mass is 16.5. The molecule has 1 aromatic heterocycles. The molecule has 6 nitrogen and oxygen atoms in total. The molecular weight excluding hydrogens is 392 g/mol. The number of likely N-dealkylation sites (tertiary alicyclic amines) is 1. The van der Waals surface area contributed by atoms with Crippen molar-refractivity contribution in [1.29, 1.82) is 0 Å². The monoisotopic (exact) mass is 420 g/mol. The number of aromatic nitrogens is 1. The van der Waals surface area contributed by atoms with Crippen LogP contribution in [0.4, 0.5) is 0 Å². The van der Waals surface area contributed by atoms with E-state index in [0.717, 1.165) is 47.8 Å². The molecule has 4 rings (SSSR count). The van der Waals surface area contributed by atoms with Gasteiger partial charge in [0.15, 0.2) is 5.89 Å². The molecule has 0 radical (unpaired) electrons. The summed E-state index contributed by atoms with van der Waals surface area (Å²) in [5, 5.41) is 0. The Morgan fingerprint density at radius 2 is 2.03 bits per heavy atom. The van der Waals surface area contributed by atoms with Crippen LogP contribution in [0.25, 0.3) is 0 Å². The van der Waals surface area contributed by atoms with Crippen LogP contribution >= 0.6 is 0 Å². The first-order chi connectivity index (χ1) is 15.2. The van der Waals surface area contributed by atoms with E-state index >= 15 is 0 Å². The fourth-order valence-electron chi connectivity index (χ4n) is 4.11. The zero-order valence-corrected chi connectivity index (χ0v) is 18.0. The fourth-order valence-corrected chi connectivity index (χ4v) is 4.11. The average molecular weight is 421 g/mol. The number of hydrogen-bond donors (Lipinski definition) is 0. The third kappa shape index (κ3) is 5.08. The highest BCUT2D eigenvalue weighted by Gasteiger charge is 2.28. The first-order valence-corrected chi connectivity index (χ1v) is 10.6. The Hall–Kier alpha value is -3.28. The molecule has 0 saturated carbocycles. The Morgan fingerprint density at radius 3 is 2.87 bits per heavy atom. The van der Waals surface area contributed by atoms with Gasteiger partial charge in [-0.2, -0.15) is 0 Å². The van der Waals surface area contributed by atoms with Crippen molar-refractivity contribution in [1.82, 2.24) is 9.88 Å². The predicted molar refractivity (Wildman–Crippen MR) is 118 cm³/mol. The van der Waals surface area contributed by atoms with Gasteiger partial charge in [-0.1, -0.05) is 30.3 Å². The van der Waals surface area contributed by atoms with Gasteiger partial charge in [0, 0.05) is 25.1 Å². The van der Waals surface area contributed by atoms with Crippen LogP contribution in [0, 0.1) is 0 Å². The van der Waals surface area contributed by atoms with Crippen LogP contribution in [0.2, 0.25) is 0 Å². The van der Waals surface area contributed by atoms with Crippen molar-refractivity contribution in [3.8, 4) is 11.5 Å². The van der Waals surface area contributed by atoms with Gasteiger partial charge >= 0.3 is 0 Å². The highest BCUT2D eigenvalue weighted by Crippen LogP contribution is 2.28. The van der Waals surface area contributed by atoms with Gasteiger partial charge in [0.05, 0.1) is 32.8 Å². The minimum absolute atomic E-state index is 0.109. The second-order valence-corrected chi connectivity index (χ2v) is 7.86. The molecule has 1 amide bonds. The number of carbonyl (C=O) groups excluding carboxylic acids is 1. The Morgan fingerprint density at radius 1 is 1.16 bits per heavy atom. The summed E-state index contributed by atoms with van der Waals surface area (Å²) in [6.07, 6.45) is 4.70. The lowest BCUT2D eigenvalue weighted by atomic mass is 9.97. The summed E-state index contributed by atoms with van der Waals surface area (Å²) in [7, 11) is 3.29. The molecule has 1 saturated heterocycles. The van der Waals surface area contributed by atoms with Crippen LogP contribution in [0.3, 0.4) is 0 Å². The van der Waals surface area contributed by atoms with Crippen molar-refractivity contribution in [2.75, 3.05) is 27.3 Å². The molecule has 3 aromatic rings. The molecule has 2 heterocycles. The normalized spacial score (nSPS) is 16.2. The largest absolute Gasteiger partial charge is 0.497 e. The summed E-state index contributed by atoms with van der Waals surface area (Å²) in [5.74, 6) is 3.34.